The minimum absolute atomic E-state index is 0.715. The second-order valence-corrected chi connectivity index (χ2v) is 6.98. The molecule has 0 aliphatic heterocycles. The van der Waals surface area contributed by atoms with Gasteiger partial charge in [-0.15, -0.1) is 0 Å². The molecule has 0 aliphatic carbocycles. The first kappa shape index (κ1) is 22.2. The summed E-state index contributed by atoms with van der Waals surface area (Å²) in [4.78, 5) is 0. The summed E-state index contributed by atoms with van der Waals surface area (Å²) >= 11 is 0. The molecule has 4 nitrogen and oxygen atoms in total. The number of unbranched alkanes of at least 4 members (excludes halogenated alkanes) is 5. The van der Waals surface area contributed by atoms with Crippen LogP contribution in [0.5, 0.6) is 0 Å². The fourth-order valence-electron chi connectivity index (χ4n) is 2.37. The Morgan fingerprint density at radius 1 is 0.800 bits per heavy atom. The standard InChI is InChI=1S/C14H32N.CH4O3S/c1-5-9-10-11-12-13-14-15(6-2,7-3)8-4;1-5(2,3)4/h5-14H2,1-4H3;1H3,(H,2,3,4)/q+1;. The van der Waals surface area contributed by atoms with Crippen molar-refractivity contribution >= 4 is 10.1 Å². The first-order valence-electron chi connectivity index (χ1n) is 8.02. The summed E-state index contributed by atoms with van der Waals surface area (Å²) < 4.78 is 27.2. The first-order valence-corrected chi connectivity index (χ1v) is 9.87. The van der Waals surface area contributed by atoms with Crippen LogP contribution in [-0.4, -0.2) is 49.9 Å². The summed E-state index contributed by atoms with van der Waals surface area (Å²) in [6.45, 7) is 14.6. The molecular weight excluding hydrogens is 274 g/mol. The first-order chi connectivity index (χ1) is 9.24. The molecule has 0 bridgehead atoms. The third-order valence-electron chi connectivity index (χ3n) is 4.00. The lowest BCUT2D eigenvalue weighted by Crippen LogP contribution is -2.48. The van der Waals surface area contributed by atoms with Crippen molar-refractivity contribution in [1.29, 1.82) is 0 Å². The van der Waals surface area contributed by atoms with Crippen molar-refractivity contribution in [3.05, 3.63) is 0 Å². The molecule has 0 saturated carbocycles. The zero-order chi connectivity index (χ0) is 16.1. The van der Waals surface area contributed by atoms with Gasteiger partial charge in [0.15, 0.2) is 0 Å². The van der Waals surface area contributed by atoms with E-state index < -0.39 is 10.1 Å². The van der Waals surface area contributed by atoms with Gasteiger partial charge in [-0.2, -0.15) is 8.42 Å². The average Bonchev–Trinajstić information content (AvgIpc) is 2.37. The molecule has 0 aromatic carbocycles. The molecule has 0 heterocycles. The number of hydrogen-bond donors (Lipinski definition) is 1. The maximum Gasteiger partial charge on any atom is 0.261 e. The quantitative estimate of drug-likeness (QED) is 0.380. The van der Waals surface area contributed by atoms with Crippen LogP contribution in [0.2, 0.25) is 0 Å². The Bertz CT molecular complexity index is 282. The van der Waals surface area contributed by atoms with Gasteiger partial charge in [-0.1, -0.05) is 32.6 Å². The van der Waals surface area contributed by atoms with Crippen molar-refractivity contribution in [3.8, 4) is 0 Å². The van der Waals surface area contributed by atoms with Crippen LogP contribution in [0.15, 0.2) is 0 Å². The maximum absolute atomic E-state index is 9.19. The number of hydrogen-bond acceptors (Lipinski definition) is 2. The highest BCUT2D eigenvalue weighted by atomic mass is 32.2. The van der Waals surface area contributed by atoms with E-state index in [0.717, 1.165) is 0 Å². The number of rotatable bonds is 10. The topological polar surface area (TPSA) is 54.4 Å². The van der Waals surface area contributed by atoms with E-state index in [-0.39, 0.29) is 0 Å². The second-order valence-electron chi connectivity index (χ2n) is 5.51. The van der Waals surface area contributed by atoms with Crippen molar-refractivity contribution in [2.45, 2.75) is 66.2 Å². The van der Waals surface area contributed by atoms with Crippen LogP contribution in [-0.2, 0) is 10.1 Å². The van der Waals surface area contributed by atoms with Crippen molar-refractivity contribution < 1.29 is 17.5 Å². The SMILES string of the molecule is CCCCCCCC[N+](CC)(CC)CC.CS(=O)(=O)O. The fraction of sp³-hybridized carbons (Fsp3) is 1.00. The molecule has 0 aliphatic rings. The zero-order valence-corrected chi connectivity index (χ0v) is 15.0. The molecule has 0 rings (SSSR count). The van der Waals surface area contributed by atoms with E-state index in [1.807, 2.05) is 0 Å². The molecule has 0 saturated heterocycles. The lowest BCUT2D eigenvalue weighted by Gasteiger charge is -2.35. The number of nitrogens with zero attached hydrogens (tertiary/aromatic N) is 1. The third-order valence-corrected chi connectivity index (χ3v) is 4.00. The van der Waals surface area contributed by atoms with E-state index in [1.165, 1.54) is 69.2 Å². The highest BCUT2D eigenvalue weighted by molar-refractivity contribution is 7.85. The fourth-order valence-corrected chi connectivity index (χ4v) is 2.37. The van der Waals surface area contributed by atoms with Crippen molar-refractivity contribution in [1.82, 2.24) is 0 Å². The molecule has 0 atom stereocenters. The van der Waals surface area contributed by atoms with E-state index in [1.54, 1.807) is 0 Å². The minimum Gasteiger partial charge on any atom is -0.324 e. The summed E-state index contributed by atoms with van der Waals surface area (Å²) in [5.41, 5.74) is 0. The van der Waals surface area contributed by atoms with E-state index in [0.29, 0.717) is 6.26 Å². The van der Waals surface area contributed by atoms with E-state index >= 15 is 0 Å². The monoisotopic (exact) mass is 310 g/mol. The van der Waals surface area contributed by atoms with Crippen LogP contribution in [0.1, 0.15) is 66.2 Å². The van der Waals surface area contributed by atoms with E-state index in [4.69, 9.17) is 4.55 Å². The van der Waals surface area contributed by atoms with Crippen LogP contribution >= 0.6 is 0 Å². The normalized spacial score (nSPS) is 11.9. The number of quaternary nitrogens is 1. The Morgan fingerprint density at radius 2 is 1.15 bits per heavy atom. The third kappa shape index (κ3) is 15.9. The van der Waals surface area contributed by atoms with Crippen molar-refractivity contribution in [2.75, 3.05) is 32.4 Å². The molecule has 0 aromatic heterocycles. The second kappa shape index (κ2) is 12.6. The highest BCUT2D eigenvalue weighted by Crippen LogP contribution is 2.11. The molecule has 0 radical (unpaired) electrons. The molecule has 124 valence electrons. The Hall–Kier alpha value is -0.130. The summed E-state index contributed by atoms with van der Waals surface area (Å²) in [6, 6.07) is 0. The molecule has 0 amide bonds. The highest BCUT2D eigenvalue weighted by Gasteiger charge is 2.19. The Labute approximate surface area is 126 Å². The van der Waals surface area contributed by atoms with Crippen LogP contribution < -0.4 is 0 Å². The Morgan fingerprint density at radius 3 is 1.50 bits per heavy atom. The van der Waals surface area contributed by atoms with Crippen LogP contribution in [0.25, 0.3) is 0 Å². The van der Waals surface area contributed by atoms with E-state index in [9.17, 15) is 8.42 Å². The largest absolute Gasteiger partial charge is 0.324 e. The molecule has 20 heavy (non-hydrogen) atoms. The van der Waals surface area contributed by atoms with Crippen LogP contribution in [0.4, 0.5) is 0 Å². The van der Waals surface area contributed by atoms with E-state index in [2.05, 4.69) is 27.7 Å². The van der Waals surface area contributed by atoms with Gasteiger partial charge < -0.3 is 4.48 Å². The maximum atomic E-state index is 9.19. The van der Waals surface area contributed by atoms with Gasteiger partial charge in [0, 0.05) is 0 Å². The predicted octanol–water partition coefficient (Wildman–Crippen LogP) is 3.73. The van der Waals surface area contributed by atoms with Gasteiger partial charge in [0.2, 0.25) is 0 Å². The molecule has 5 heteroatoms. The molecular formula is C15H36NO3S+. The zero-order valence-electron chi connectivity index (χ0n) is 14.2. The summed E-state index contributed by atoms with van der Waals surface area (Å²) in [5, 5.41) is 0. The van der Waals surface area contributed by atoms with Crippen molar-refractivity contribution in [2.24, 2.45) is 0 Å². The molecule has 0 fully saturated rings. The lowest BCUT2D eigenvalue weighted by molar-refractivity contribution is -0.923. The van der Waals surface area contributed by atoms with Gasteiger partial charge in [-0.05, 0) is 33.6 Å². The van der Waals surface area contributed by atoms with Gasteiger partial charge >= 0.3 is 0 Å². The Kier molecular flexibility index (Phi) is 14.0. The Balaban J connectivity index is 0. The lowest BCUT2D eigenvalue weighted by atomic mass is 10.1. The van der Waals surface area contributed by atoms with Crippen LogP contribution in [0.3, 0.4) is 0 Å². The van der Waals surface area contributed by atoms with Gasteiger partial charge in [-0.25, -0.2) is 0 Å². The van der Waals surface area contributed by atoms with Crippen molar-refractivity contribution in [3.63, 3.8) is 0 Å². The molecule has 1 N–H and O–H groups in total. The van der Waals surface area contributed by atoms with Gasteiger partial charge in [0.1, 0.15) is 0 Å². The summed E-state index contributed by atoms with van der Waals surface area (Å²) in [6.07, 6.45) is 9.27. The molecule has 0 aromatic rings. The van der Waals surface area contributed by atoms with Crippen LogP contribution in [0, 0.1) is 0 Å². The predicted molar refractivity (Wildman–Crippen MR) is 87.6 cm³/mol. The summed E-state index contributed by atoms with van der Waals surface area (Å²) in [7, 11) is -3.67. The average molecular weight is 311 g/mol. The minimum atomic E-state index is -3.67. The molecule has 0 spiro atoms. The smallest absolute Gasteiger partial charge is 0.261 e. The van der Waals surface area contributed by atoms with Gasteiger partial charge in [0.05, 0.1) is 32.4 Å². The molecule has 0 unspecified atom stereocenters. The van der Waals surface area contributed by atoms with Gasteiger partial charge in [-0.3, -0.25) is 4.55 Å². The summed E-state index contributed by atoms with van der Waals surface area (Å²) in [5.74, 6) is 0. The van der Waals surface area contributed by atoms with Gasteiger partial charge in [0.25, 0.3) is 10.1 Å².